The Bertz CT molecular complexity index is 870. The number of H-pyrrole nitrogens is 1. The zero-order chi connectivity index (χ0) is 18.0. The van der Waals surface area contributed by atoms with Crippen molar-refractivity contribution in [3.05, 3.63) is 63.8 Å². The van der Waals surface area contributed by atoms with Gasteiger partial charge >= 0.3 is 0 Å². The standard InChI is InChI=1S/C18H18FN3O3/c1-12(23)13-4-5-16(15(19)11-13)21-7-9-22(10-8-21)18(25)14-3-2-6-20-17(14)24/h2-6,11H,7-10H2,1H3,(H,20,24). The first-order valence-electron chi connectivity index (χ1n) is 8.00. The smallest absolute Gasteiger partial charge is 0.260 e. The third-order valence-electron chi connectivity index (χ3n) is 4.31. The molecule has 2 heterocycles. The summed E-state index contributed by atoms with van der Waals surface area (Å²) in [7, 11) is 0. The normalized spacial score (nSPS) is 14.5. The van der Waals surface area contributed by atoms with Crippen molar-refractivity contribution in [3.63, 3.8) is 0 Å². The van der Waals surface area contributed by atoms with Crippen LogP contribution >= 0.6 is 0 Å². The predicted octanol–water partition coefficient (Wildman–Crippen LogP) is 1.68. The summed E-state index contributed by atoms with van der Waals surface area (Å²) in [6.07, 6.45) is 1.48. The number of halogens is 1. The van der Waals surface area contributed by atoms with Crippen molar-refractivity contribution >= 4 is 17.4 Å². The van der Waals surface area contributed by atoms with Gasteiger partial charge in [0.1, 0.15) is 11.4 Å². The van der Waals surface area contributed by atoms with E-state index in [0.717, 1.165) is 0 Å². The highest BCUT2D eigenvalue weighted by Gasteiger charge is 2.25. The number of carbonyl (C=O) groups is 2. The first-order chi connectivity index (χ1) is 12.0. The summed E-state index contributed by atoms with van der Waals surface area (Å²) >= 11 is 0. The SMILES string of the molecule is CC(=O)c1ccc(N2CCN(C(=O)c3ccc[nH]c3=O)CC2)c(F)c1. The molecule has 7 heteroatoms. The molecule has 1 N–H and O–H groups in total. The van der Waals surface area contributed by atoms with E-state index in [9.17, 15) is 18.8 Å². The van der Waals surface area contributed by atoms with Gasteiger partial charge in [-0.3, -0.25) is 14.4 Å². The van der Waals surface area contributed by atoms with Crippen LogP contribution in [0, 0.1) is 5.82 Å². The largest absolute Gasteiger partial charge is 0.366 e. The molecule has 0 spiro atoms. The zero-order valence-corrected chi connectivity index (χ0v) is 13.8. The molecule has 0 radical (unpaired) electrons. The second kappa shape index (κ2) is 6.88. The van der Waals surface area contributed by atoms with Gasteiger partial charge in [0, 0.05) is 37.9 Å². The second-order valence-corrected chi connectivity index (χ2v) is 5.91. The van der Waals surface area contributed by atoms with Crippen LogP contribution in [0.2, 0.25) is 0 Å². The minimum absolute atomic E-state index is 0.105. The van der Waals surface area contributed by atoms with Gasteiger partial charge < -0.3 is 14.8 Å². The molecule has 1 aromatic carbocycles. The quantitative estimate of drug-likeness (QED) is 0.861. The summed E-state index contributed by atoms with van der Waals surface area (Å²) in [4.78, 5) is 41.4. The Morgan fingerprint density at radius 1 is 1.12 bits per heavy atom. The van der Waals surface area contributed by atoms with E-state index < -0.39 is 11.4 Å². The van der Waals surface area contributed by atoms with Crippen LogP contribution in [-0.2, 0) is 0 Å². The average Bonchev–Trinajstić information content (AvgIpc) is 2.61. The van der Waals surface area contributed by atoms with Gasteiger partial charge in [-0.1, -0.05) is 0 Å². The van der Waals surface area contributed by atoms with Gasteiger partial charge in [0.15, 0.2) is 5.78 Å². The number of rotatable bonds is 3. The van der Waals surface area contributed by atoms with Crippen LogP contribution in [0.3, 0.4) is 0 Å². The van der Waals surface area contributed by atoms with Crippen molar-refractivity contribution in [1.82, 2.24) is 9.88 Å². The molecule has 2 aromatic rings. The van der Waals surface area contributed by atoms with Gasteiger partial charge in [-0.15, -0.1) is 0 Å². The number of pyridine rings is 1. The Balaban J connectivity index is 1.70. The number of carbonyl (C=O) groups excluding carboxylic acids is 2. The van der Waals surface area contributed by atoms with Crippen molar-refractivity contribution in [2.45, 2.75) is 6.92 Å². The van der Waals surface area contributed by atoms with E-state index in [4.69, 9.17) is 0 Å². The Morgan fingerprint density at radius 3 is 2.44 bits per heavy atom. The van der Waals surface area contributed by atoms with Gasteiger partial charge in [-0.05, 0) is 37.3 Å². The van der Waals surface area contributed by atoms with E-state index in [-0.39, 0.29) is 17.3 Å². The van der Waals surface area contributed by atoms with Crippen molar-refractivity contribution in [1.29, 1.82) is 0 Å². The van der Waals surface area contributed by atoms with E-state index in [1.54, 1.807) is 23.1 Å². The van der Waals surface area contributed by atoms with Crippen LogP contribution < -0.4 is 10.5 Å². The Kier molecular flexibility index (Phi) is 4.65. The van der Waals surface area contributed by atoms with Crippen LogP contribution in [0.25, 0.3) is 0 Å². The molecule has 1 amide bonds. The zero-order valence-electron chi connectivity index (χ0n) is 13.8. The van der Waals surface area contributed by atoms with Gasteiger partial charge in [0.25, 0.3) is 11.5 Å². The van der Waals surface area contributed by atoms with Crippen LogP contribution in [0.1, 0.15) is 27.6 Å². The lowest BCUT2D eigenvalue weighted by Gasteiger charge is -2.36. The number of aromatic nitrogens is 1. The lowest BCUT2D eigenvalue weighted by molar-refractivity contribution is 0.0744. The molecule has 1 aliphatic heterocycles. The molecular weight excluding hydrogens is 325 g/mol. The lowest BCUT2D eigenvalue weighted by Crippen LogP contribution is -2.49. The molecule has 0 saturated carbocycles. The van der Waals surface area contributed by atoms with Crippen molar-refractivity contribution in [2.75, 3.05) is 31.1 Å². The molecule has 0 unspecified atom stereocenters. The minimum Gasteiger partial charge on any atom is -0.366 e. The topological polar surface area (TPSA) is 73.5 Å². The van der Waals surface area contributed by atoms with Crippen LogP contribution in [0.15, 0.2) is 41.3 Å². The number of ketones is 1. The fourth-order valence-corrected chi connectivity index (χ4v) is 2.89. The molecule has 0 atom stereocenters. The van der Waals surface area contributed by atoms with Crippen molar-refractivity contribution in [2.24, 2.45) is 0 Å². The number of aromatic amines is 1. The van der Waals surface area contributed by atoms with Gasteiger partial charge in [-0.2, -0.15) is 0 Å². The first-order valence-corrected chi connectivity index (χ1v) is 8.00. The molecule has 1 aliphatic rings. The maximum absolute atomic E-state index is 14.2. The fourth-order valence-electron chi connectivity index (χ4n) is 2.89. The molecule has 6 nitrogen and oxygen atoms in total. The Morgan fingerprint density at radius 2 is 1.84 bits per heavy atom. The number of hydrogen-bond acceptors (Lipinski definition) is 4. The number of nitrogens with zero attached hydrogens (tertiary/aromatic N) is 2. The van der Waals surface area contributed by atoms with E-state index in [2.05, 4.69) is 4.98 Å². The number of amides is 1. The summed E-state index contributed by atoms with van der Waals surface area (Å²) in [5.41, 5.74) is 0.432. The number of Topliss-reactive ketones (excluding diaryl/α,β-unsaturated/α-hetero) is 1. The molecular formula is C18H18FN3O3. The summed E-state index contributed by atoms with van der Waals surface area (Å²) in [6.45, 7) is 3.08. The highest BCUT2D eigenvalue weighted by molar-refractivity contribution is 5.95. The fraction of sp³-hybridized carbons (Fsp3) is 0.278. The third-order valence-corrected chi connectivity index (χ3v) is 4.31. The van der Waals surface area contributed by atoms with Crippen LogP contribution in [0.4, 0.5) is 10.1 Å². The summed E-state index contributed by atoms with van der Waals surface area (Å²) in [5.74, 6) is -0.963. The minimum atomic E-state index is -0.452. The number of nitrogens with one attached hydrogen (secondary N) is 1. The highest BCUT2D eigenvalue weighted by Crippen LogP contribution is 2.22. The Labute approximate surface area is 143 Å². The molecule has 0 bridgehead atoms. The Hall–Kier alpha value is -2.96. The molecule has 1 aromatic heterocycles. The average molecular weight is 343 g/mol. The molecule has 0 aliphatic carbocycles. The third kappa shape index (κ3) is 3.45. The molecule has 1 saturated heterocycles. The maximum atomic E-state index is 14.2. The highest BCUT2D eigenvalue weighted by atomic mass is 19.1. The number of anilines is 1. The van der Waals surface area contributed by atoms with Crippen molar-refractivity contribution in [3.8, 4) is 0 Å². The van der Waals surface area contributed by atoms with Gasteiger partial charge in [0.2, 0.25) is 0 Å². The van der Waals surface area contributed by atoms with Gasteiger partial charge in [-0.25, -0.2) is 4.39 Å². The number of piperazine rings is 1. The lowest BCUT2D eigenvalue weighted by atomic mass is 10.1. The second-order valence-electron chi connectivity index (χ2n) is 5.91. The van der Waals surface area contributed by atoms with E-state index >= 15 is 0 Å². The van der Waals surface area contributed by atoms with Gasteiger partial charge in [0.05, 0.1) is 5.69 Å². The van der Waals surface area contributed by atoms with Crippen LogP contribution in [-0.4, -0.2) is 47.8 Å². The van der Waals surface area contributed by atoms with Crippen molar-refractivity contribution < 1.29 is 14.0 Å². The predicted molar refractivity (Wildman–Crippen MR) is 91.6 cm³/mol. The van der Waals surface area contributed by atoms with E-state index in [0.29, 0.717) is 37.4 Å². The summed E-state index contributed by atoms with van der Waals surface area (Å²) < 4.78 is 14.2. The van der Waals surface area contributed by atoms with E-state index in [1.807, 2.05) is 4.90 Å². The number of hydrogen-bond donors (Lipinski definition) is 1. The molecule has 25 heavy (non-hydrogen) atoms. The monoisotopic (exact) mass is 343 g/mol. The molecule has 1 fully saturated rings. The first kappa shape index (κ1) is 16.9. The molecule has 3 rings (SSSR count). The maximum Gasteiger partial charge on any atom is 0.260 e. The molecule has 130 valence electrons. The number of benzene rings is 1. The van der Waals surface area contributed by atoms with E-state index in [1.165, 1.54) is 25.3 Å². The van der Waals surface area contributed by atoms with Crippen LogP contribution in [0.5, 0.6) is 0 Å². The summed E-state index contributed by atoms with van der Waals surface area (Å²) in [5, 5.41) is 0. The summed E-state index contributed by atoms with van der Waals surface area (Å²) in [6, 6.07) is 7.52.